The van der Waals surface area contributed by atoms with Gasteiger partial charge in [-0.3, -0.25) is 14.4 Å². The molecule has 114 valence electrons. The fourth-order valence-corrected chi connectivity index (χ4v) is 2.57. The summed E-state index contributed by atoms with van der Waals surface area (Å²) in [6, 6.07) is 4.20. The zero-order chi connectivity index (χ0) is 16.7. The summed E-state index contributed by atoms with van der Waals surface area (Å²) >= 11 is 6.00. The Morgan fingerprint density at radius 1 is 1.09 bits per heavy atom. The van der Waals surface area contributed by atoms with E-state index in [1.807, 2.05) is 0 Å². The summed E-state index contributed by atoms with van der Waals surface area (Å²) in [5, 5.41) is 9.57. The molecule has 1 N–H and O–H groups in total. The first-order valence-electron chi connectivity index (χ1n) is 6.70. The highest BCUT2D eigenvalue weighted by Crippen LogP contribution is 2.34. The molecule has 0 fully saturated rings. The van der Waals surface area contributed by atoms with Crippen molar-refractivity contribution in [3.8, 4) is 5.75 Å². The van der Waals surface area contributed by atoms with E-state index in [4.69, 9.17) is 11.6 Å². The number of carbonyl (C=O) groups is 3. The zero-order valence-corrected chi connectivity index (χ0v) is 12.7. The lowest BCUT2D eigenvalue weighted by molar-refractivity contribution is -0.111. The largest absolute Gasteiger partial charge is 0.507 e. The molecule has 2 aliphatic rings. The van der Waals surface area contributed by atoms with Crippen LogP contribution in [-0.2, 0) is 4.79 Å². The predicted molar refractivity (Wildman–Crippen MR) is 85.0 cm³/mol. The first-order chi connectivity index (χ1) is 10.9. The third-order valence-electron chi connectivity index (χ3n) is 3.54. The summed E-state index contributed by atoms with van der Waals surface area (Å²) in [5.74, 6) is -1.67. The van der Waals surface area contributed by atoms with Crippen LogP contribution in [0.3, 0.4) is 0 Å². The molecule has 0 radical (unpaired) electrons. The molecule has 5 nitrogen and oxygen atoms in total. The molecule has 23 heavy (non-hydrogen) atoms. The van der Waals surface area contributed by atoms with Crippen molar-refractivity contribution in [3.05, 3.63) is 63.9 Å². The molecule has 0 saturated heterocycles. The molecule has 0 saturated carbocycles. The van der Waals surface area contributed by atoms with Gasteiger partial charge >= 0.3 is 0 Å². The van der Waals surface area contributed by atoms with Gasteiger partial charge in [-0.1, -0.05) is 17.7 Å². The average molecular weight is 328 g/mol. The molecule has 0 amide bonds. The van der Waals surface area contributed by atoms with E-state index in [2.05, 4.69) is 4.99 Å². The van der Waals surface area contributed by atoms with E-state index in [-0.39, 0.29) is 33.4 Å². The average Bonchev–Trinajstić information content (AvgIpc) is 2.52. The number of phenolic OH excluding ortho intramolecular Hbond substituents is 1. The van der Waals surface area contributed by atoms with E-state index in [0.29, 0.717) is 11.3 Å². The van der Waals surface area contributed by atoms with Crippen LogP contribution in [-0.4, -0.2) is 28.2 Å². The van der Waals surface area contributed by atoms with Gasteiger partial charge in [0.05, 0.1) is 11.3 Å². The van der Waals surface area contributed by atoms with Gasteiger partial charge < -0.3 is 5.11 Å². The number of hydrogen-bond acceptors (Lipinski definition) is 5. The molecule has 1 aromatic carbocycles. The van der Waals surface area contributed by atoms with Crippen LogP contribution in [0.15, 0.2) is 57.7 Å². The van der Waals surface area contributed by atoms with Crippen LogP contribution in [0.25, 0.3) is 0 Å². The number of carbonyl (C=O) groups excluding carboxylic acids is 3. The monoisotopic (exact) mass is 327 g/mol. The van der Waals surface area contributed by atoms with Gasteiger partial charge in [0.25, 0.3) is 0 Å². The first kappa shape index (κ1) is 15.1. The first-order valence-corrected chi connectivity index (χ1v) is 7.08. The fraction of sp³-hybridized carbons (Fsp3) is 0.0588. The molecule has 0 bridgehead atoms. The number of hydrogen-bond donors (Lipinski definition) is 1. The van der Waals surface area contributed by atoms with Gasteiger partial charge in [-0.2, -0.15) is 0 Å². The third kappa shape index (κ3) is 2.45. The highest BCUT2D eigenvalue weighted by molar-refractivity contribution is 6.50. The second-order valence-corrected chi connectivity index (χ2v) is 5.46. The topological polar surface area (TPSA) is 83.8 Å². The second kappa shape index (κ2) is 5.44. The van der Waals surface area contributed by atoms with Crippen molar-refractivity contribution < 1.29 is 19.5 Å². The maximum atomic E-state index is 12.5. The number of benzene rings is 1. The molecule has 0 heterocycles. The molecule has 0 aromatic heterocycles. The molecule has 0 spiro atoms. The number of nitrogens with zero attached hydrogens (tertiary/aromatic N) is 1. The summed E-state index contributed by atoms with van der Waals surface area (Å²) < 4.78 is 0. The molecule has 0 aliphatic heterocycles. The van der Waals surface area contributed by atoms with Crippen LogP contribution in [0.1, 0.15) is 27.6 Å². The van der Waals surface area contributed by atoms with Gasteiger partial charge in [-0.05, 0) is 42.9 Å². The lowest BCUT2D eigenvalue weighted by Crippen LogP contribution is -2.20. The SMILES string of the molecule is CC1=CC(=NC2=C(Cl)C(=O)c3cccc(O)c3C2=O)C=CC1=O. The van der Waals surface area contributed by atoms with Crippen LogP contribution in [0.5, 0.6) is 5.75 Å². The number of Topliss-reactive ketones (excluding diaryl/α,β-unsaturated/α-hetero) is 2. The Kier molecular flexibility index (Phi) is 3.58. The van der Waals surface area contributed by atoms with Gasteiger partial charge in [-0.15, -0.1) is 0 Å². The van der Waals surface area contributed by atoms with Crippen molar-refractivity contribution >= 4 is 34.7 Å². The van der Waals surface area contributed by atoms with E-state index in [1.165, 1.54) is 36.4 Å². The number of phenols is 1. The number of allylic oxidation sites excluding steroid dienone is 6. The summed E-state index contributed by atoms with van der Waals surface area (Å²) in [6.45, 7) is 1.62. The Morgan fingerprint density at radius 3 is 2.52 bits per heavy atom. The maximum Gasteiger partial charge on any atom is 0.217 e. The van der Waals surface area contributed by atoms with E-state index >= 15 is 0 Å². The van der Waals surface area contributed by atoms with Crippen LogP contribution in [0, 0.1) is 0 Å². The summed E-state index contributed by atoms with van der Waals surface area (Å²) in [4.78, 5) is 40.3. The number of aromatic hydroxyl groups is 1. The van der Waals surface area contributed by atoms with Crippen molar-refractivity contribution in [2.45, 2.75) is 6.92 Å². The minimum atomic E-state index is -0.633. The van der Waals surface area contributed by atoms with E-state index in [1.54, 1.807) is 6.92 Å². The van der Waals surface area contributed by atoms with E-state index in [0.717, 1.165) is 0 Å². The third-order valence-corrected chi connectivity index (χ3v) is 3.89. The van der Waals surface area contributed by atoms with Crippen molar-refractivity contribution in [2.24, 2.45) is 4.99 Å². The predicted octanol–water partition coefficient (Wildman–Crippen LogP) is 2.75. The molecule has 0 atom stereocenters. The van der Waals surface area contributed by atoms with Crippen molar-refractivity contribution in [1.82, 2.24) is 0 Å². The second-order valence-electron chi connectivity index (χ2n) is 5.08. The van der Waals surface area contributed by atoms with Gasteiger partial charge in [0.2, 0.25) is 11.6 Å². The molecule has 1 aromatic rings. The van der Waals surface area contributed by atoms with Gasteiger partial charge in [0.15, 0.2) is 5.78 Å². The van der Waals surface area contributed by atoms with Gasteiger partial charge in [0.1, 0.15) is 16.5 Å². The van der Waals surface area contributed by atoms with E-state index in [9.17, 15) is 19.5 Å². The lowest BCUT2D eigenvalue weighted by Gasteiger charge is -2.16. The van der Waals surface area contributed by atoms with Crippen molar-refractivity contribution in [1.29, 1.82) is 0 Å². The molecule has 0 unspecified atom stereocenters. The summed E-state index contributed by atoms with van der Waals surface area (Å²) in [6.07, 6.45) is 4.26. The van der Waals surface area contributed by atoms with Gasteiger partial charge in [-0.25, -0.2) is 4.99 Å². The Labute approximate surface area is 136 Å². The number of ketones is 3. The number of fused-ring (bicyclic) bond motifs is 1. The molecular weight excluding hydrogens is 318 g/mol. The van der Waals surface area contributed by atoms with Crippen LogP contribution >= 0.6 is 11.6 Å². The van der Waals surface area contributed by atoms with Crippen molar-refractivity contribution in [3.63, 3.8) is 0 Å². The Morgan fingerprint density at radius 2 is 1.83 bits per heavy atom. The maximum absolute atomic E-state index is 12.5. The molecule has 2 aliphatic carbocycles. The zero-order valence-electron chi connectivity index (χ0n) is 12.0. The number of aliphatic imine (C=N–C) groups is 1. The highest BCUT2D eigenvalue weighted by atomic mass is 35.5. The minimum absolute atomic E-state index is 0.0463. The standard InChI is InChI=1S/C17H10ClNO4/c1-8-7-9(5-6-11(8)20)19-15-14(18)16(22)10-3-2-4-12(21)13(10)17(15)23/h2-7,21H,1H3. The smallest absolute Gasteiger partial charge is 0.217 e. The molecule has 3 rings (SSSR count). The number of rotatable bonds is 1. The normalized spacial score (nSPS) is 19.3. The summed E-state index contributed by atoms with van der Waals surface area (Å²) in [7, 11) is 0. The quantitative estimate of drug-likeness (QED) is 0.804. The number of halogens is 1. The Hall–Kier alpha value is -2.79. The van der Waals surface area contributed by atoms with Crippen LogP contribution in [0.4, 0.5) is 0 Å². The fourth-order valence-electron chi connectivity index (χ4n) is 2.34. The minimum Gasteiger partial charge on any atom is -0.507 e. The van der Waals surface area contributed by atoms with Crippen LogP contribution in [0.2, 0.25) is 0 Å². The molecule has 6 heteroatoms. The summed E-state index contributed by atoms with van der Waals surface area (Å²) in [5.41, 5.74) is 0.475. The lowest BCUT2D eigenvalue weighted by atomic mass is 9.91. The van der Waals surface area contributed by atoms with Gasteiger partial charge in [0, 0.05) is 5.56 Å². The highest BCUT2D eigenvalue weighted by Gasteiger charge is 2.33. The van der Waals surface area contributed by atoms with E-state index < -0.39 is 11.6 Å². The van der Waals surface area contributed by atoms with Crippen molar-refractivity contribution in [2.75, 3.05) is 0 Å². The molecular formula is C17H10ClNO4. The Balaban J connectivity index is 2.14. The van der Waals surface area contributed by atoms with Crippen LogP contribution < -0.4 is 0 Å². The Bertz CT molecular complexity index is 903.